The number of benzene rings is 3. The number of nitrogens with two attached hydrogens (primary N) is 1. The third-order valence-corrected chi connectivity index (χ3v) is 20.7. The molecule has 1 aromatic heterocycles. The van der Waals surface area contributed by atoms with Crippen LogP contribution in [-0.4, -0.2) is 108 Å². The normalized spacial score (nSPS) is 21.5. The number of anilines is 2. The van der Waals surface area contributed by atoms with Crippen LogP contribution in [0.15, 0.2) is 47.4 Å². The number of phosphoric acid groups is 3. The van der Waals surface area contributed by atoms with Crippen molar-refractivity contribution in [1.29, 1.82) is 0 Å². The number of carboxylic acids is 1. The average Bonchev–Trinajstić information content (AvgIpc) is 3.77. The summed E-state index contributed by atoms with van der Waals surface area (Å²) in [7, 11) is -14.4. The van der Waals surface area contributed by atoms with Gasteiger partial charge in [-0.2, -0.15) is 13.6 Å². The Morgan fingerprint density at radius 3 is 2.40 bits per heavy atom. The highest BCUT2D eigenvalue weighted by molar-refractivity contribution is 8.77. The number of aryl methyl sites for hydroxylation is 2. The molecule has 1 saturated heterocycles. The van der Waals surface area contributed by atoms with Gasteiger partial charge in [0.1, 0.15) is 48.7 Å². The van der Waals surface area contributed by atoms with Gasteiger partial charge in [-0.1, -0.05) is 27.7 Å². The summed E-state index contributed by atoms with van der Waals surface area (Å²) < 4.78 is 70.0. The van der Waals surface area contributed by atoms with Crippen molar-refractivity contribution in [2.75, 3.05) is 55.9 Å². The molecule has 28 heteroatoms. The van der Waals surface area contributed by atoms with Gasteiger partial charge in [0.2, 0.25) is 5.36 Å². The number of fused-ring (bicyclic) bond motifs is 4. The molecule has 75 heavy (non-hydrogen) atoms. The molecule has 8 N–H and O–H groups in total. The highest BCUT2D eigenvalue weighted by atomic mass is 33.1. The Balaban J connectivity index is 0.849. The number of aromatic nitrogens is 2. The predicted molar refractivity (Wildman–Crippen MR) is 276 cm³/mol. The molecule has 10 rings (SSSR count). The van der Waals surface area contributed by atoms with Crippen LogP contribution in [0, 0.1) is 0 Å². The summed E-state index contributed by atoms with van der Waals surface area (Å²) in [6.45, 7) is 7.03. The average molecular weight is 1130 g/mol. The summed E-state index contributed by atoms with van der Waals surface area (Å²) in [5, 5.41) is 16.1. The number of nitrogens with zero attached hydrogens (tertiary/aromatic N) is 4. The van der Waals surface area contributed by atoms with E-state index in [1.807, 2.05) is 13.8 Å². The molecule has 2 unspecified atom stereocenters. The zero-order chi connectivity index (χ0) is 53.2. The second kappa shape index (κ2) is 21.1. The Kier molecular flexibility index (Phi) is 15.2. The van der Waals surface area contributed by atoms with Gasteiger partial charge in [-0.05, 0) is 93.8 Å². The standard InChI is InChI=1S/C47H55N6O17P3S2/c1-47(2,75-74-25-65-35-22-38(53-18-13-37(48)50-46(53)57)67-36(35)23-66-72(61,62)70-73(63,64)69-71(58,59)60)24-49-44(54)28-11-12-29(32(21-28)45(55)56)39-33-19-26-7-3-14-51-16-5-9-30(40(26)51)42(33)68-43-31-10-6-17-52-15-4-8-27(41(31)52)20-34(39)43/h11-13,18-21,35-36,38H,3-10,14-17,22-25H2,1-2H3,(H7-,48,49,50,54,55,56,57,58,59,60,61,62,63,64)/p+1/t35-,36-,38-/m1/s1. The number of nitrogens with one attached hydrogen (secondary N) is 1. The van der Waals surface area contributed by atoms with E-state index in [4.69, 9.17) is 34.3 Å². The number of hydrogen-bond acceptors (Lipinski definition) is 17. The van der Waals surface area contributed by atoms with Crippen molar-refractivity contribution < 1.29 is 75.3 Å². The number of rotatable bonds is 18. The third kappa shape index (κ3) is 11.6. The fourth-order valence-electron chi connectivity index (χ4n) is 10.9. The molecule has 6 aliphatic heterocycles. The molecule has 0 radical (unpaired) electrons. The number of phosphoric ester groups is 1. The number of amides is 1. The van der Waals surface area contributed by atoms with E-state index in [9.17, 15) is 43.0 Å². The van der Waals surface area contributed by atoms with Crippen molar-refractivity contribution in [2.24, 2.45) is 0 Å². The lowest BCUT2D eigenvalue weighted by Gasteiger charge is -2.39. The van der Waals surface area contributed by atoms with E-state index in [0.717, 1.165) is 110 Å². The van der Waals surface area contributed by atoms with E-state index in [1.165, 1.54) is 73.2 Å². The molecule has 0 saturated carbocycles. The number of carboxylic acid groups (broad SMARTS) is 1. The number of aromatic carboxylic acids is 1. The maximum Gasteiger partial charge on any atom is 0.490 e. The summed E-state index contributed by atoms with van der Waals surface area (Å²) in [5.41, 5.74) is 13.3. The van der Waals surface area contributed by atoms with E-state index in [0.29, 0.717) is 5.56 Å². The molecule has 0 spiro atoms. The Morgan fingerprint density at radius 1 is 0.920 bits per heavy atom. The molecule has 5 atom stereocenters. The van der Waals surface area contributed by atoms with Crippen LogP contribution in [0.5, 0.6) is 11.5 Å². The molecule has 4 aromatic rings. The number of carbonyl (C=O) groups is 2. The van der Waals surface area contributed by atoms with Crippen molar-refractivity contribution in [3.05, 3.63) is 108 Å². The van der Waals surface area contributed by atoms with Crippen molar-refractivity contribution in [3.8, 4) is 11.5 Å². The van der Waals surface area contributed by atoms with E-state index in [-0.39, 0.29) is 35.8 Å². The lowest BCUT2D eigenvalue weighted by atomic mass is 9.81. The smallest absolute Gasteiger partial charge is 0.478 e. The minimum atomic E-state index is -5.80. The Hall–Kier alpha value is -4.42. The third-order valence-electron chi connectivity index (χ3n) is 13.9. The fraction of sp³-hybridized carbons (Fsp3) is 0.468. The molecule has 3 aromatic carbocycles. The van der Waals surface area contributed by atoms with Gasteiger partial charge in [0, 0.05) is 88.6 Å². The van der Waals surface area contributed by atoms with Crippen molar-refractivity contribution in [3.63, 3.8) is 0 Å². The Bertz CT molecular complexity index is 3350. The highest BCUT2D eigenvalue weighted by Crippen LogP contribution is 2.66. The van der Waals surface area contributed by atoms with Crippen molar-refractivity contribution in [2.45, 2.75) is 94.8 Å². The van der Waals surface area contributed by atoms with Crippen LogP contribution in [0.1, 0.15) is 106 Å². The molecular weight excluding hydrogens is 1080 g/mol. The van der Waals surface area contributed by atoms with Gasteiger partial charge in [-0.25, -0.2) is 27.9 Å². The predicted octanol–water partition coefficient (Wildman–Crippen LogP) is 4.52. The molecule has 1 fully saturated rings. The SMILES string of the molecule is CC(C)(CNC(=O)c1ccc(C2=c3cc4c5c(c3Oc3c2cc2c6c3CCCN6CCC2)CCC[N+]=5CCC4)c(C(=O)O)c1)SSCO[C@@H]1C[C@H](n2ccc(N)nc2=O)O[C@@H]1COP(=O)(O)OP(=O)(O)OP(=O)(O)O. The molecule has 6 aliphatic rings. The summed E-state index contributed by atoms with van der Waals surface area (Å²) in [4.78, 5) is 83.6. The van der Waals surface area contributed by atoms with E-state index >= 15 is 0 Å². The second-order valence-electron chi connectivity index (χ2n) is 19.7. The Labute approximate surface area is 437 Å². The van der Waals surface area contributed by atoms with Crippen LogP contribution in [0.3, 0.4) is 0 Å². The topological polar surface area (TPSA) is 321 Å². The van der Waals surface area contributed by atoms with Crippen molar-refractivity contribution in [1.82, 2.24) is 19.4 Å². The fourth-order valence-corrected chi connectivity index (χ4v) is 16.1. The summed E-state index contributed by atoms with van der Waals surface area (Å²) in [5.74, 6) is -0.139. The van der Waals surface area contributed by atoms with Gasteiger partial charge in [0.25, 0.3) is 5.91 Å². The summed E-state index contributed by atoms with van der Waals surface area (Å²) in [6, 6.07) is 10.6. The first-order valence-electron chi connectivity index (χ1n) is 24.3. The lowest BCUT2D eigenvalue weighted by Crippen LogP contribution is -2.45. The van der Waals surface area contributed by atoms with E-state index < -0.39 is 70.8 Å². The number of carbonyl (C=O) groups excluding carboxylic acids is 1. The molecule has 402 valence electrons. The second-order valence-corrected chi connectivity index (χ2v) is 27.0. The molecule has 23 nitrogen and oxygen atoms in total. The van der Waals surface area contributed by atoms with Crippen LogP contribution >= 0.6 is 45.1 Å². The quantitative estimate of drug-likeness (QED) is 0.0208. The lowest BCUT2D eigenvalue weighted by molar-refractivity contribution is -0.0543. The summed E-state index contributed by atoms with van der Waals surface area (Å²) in [6.07, 6.45) is 5.69. The van der Waals surface area contributed by atoms with Gasteiger partial charge in [-0.15, -0.1) is 0 Å². The zero-order valence-corrected chi connectivity index (χ0v) is 45.1. The first-order valence-corrected chi connectivity index (χ1v) is 31.2. The van der Waals surface area contributed by atoms with Crippen LogP contribution in [0.25, 0.3) is 5.57 Å². The van der Waals surface area contributed by atoms with Crippen LogP contribution in [-0.2, 0) is 62.0 Å². The van der Waals surface area contributed by atoms with Gasteiger partial charge in [0.15, 0.2) is 0 Å². The maximum absolute atomic E-state index is 14.0. The molecule has 1 amide bonds. The van der Waals surface area contributed by atoms with Crippen LogP contribution in [0.4, 0.5) is 11.5 Å². The number of ether oxygens (including phenoxy) is 3. The van der Waals surface area contributed by atoms with E-state index in [2.05, 4.69) is 40.5 Å². The maximum atomic E-state index is 14.0. The minimum absolute atomic E-state index is 0.00483. The van der Waals surface area contributed by atoms with Gasteiger partial charge >= 0.3 is 35.1 Å². The largest absolute Gasteiger partial charge is 0.490 e. The van der Waals surface area contributed by atoms with Gasteiger partial charge in [-0.3, -0.25) is 13.9 Å². The van der Waals surface area contributed by atoms with E-state index in [1.54, 1.807) is 12.1 Å². The summed E-state index contributed by atoms with van der Waals surface area (Å²) >= 11 is 0. The Morgan fingerprint density at radius 2 is 1.65 bits per heavy atom. The molecule has 0 aliphatic carbocycles. The number of nitrogen functional groups attached to an aromatic ring is 1. The van der Waals surface area contributed by atoms with Gasteiger partial charge < -0.3 is 54.8 Å². The van der Waals surface area contributed by atoms with Gasteiger partial charge in [0.05, 0.1) is 23.8 Å². The first-order chi connectivity index (χ1) is 35.5. The van der Waals surface area contributed by atoms with Crippen molar-refractivity contribution >= 4 is 74.0 Å². The first kappa shape index (κ1) is 54.0. The molecular formula is C47H56N6O17P3S2+. The highest BCUT2D eigenvalue weighted by Gasteiger charge is 2.44. The minimum Gasteiger partial charge on any atom is -0.478 e. The molecule has 7 heterocycles. The van der Waals surface area contributed by atoms with Crippen LogP contribution in [0.2, 0.25) is 0 Å². The molecule has 0 bridgehead atoms. The number of hydrogen-bond donors (Lipinski definition) is 7. The zero-order valence-electron chi connectivity index (χ0n) is 40.7. The van der Waals surface area contributed by atoms with Crippen LogP contribution < -0.4 is 41.5 Å². The monoisotopic (exact) mass is 1130 g/mol.